The van der Waals surface area contributed by atoms with E-state index >= 15 is 0 Å². The molecule has 0 unspecified atom stereocenters. The number of aryl methyl sites for hydroxylation is 2. The number of nitrogens with one attached hydrogen (secondary N) is 1. The zero-order chi connectivity index (χ0) is 22.1. The smallest absolute Gasteiger partial charge is 0.242 e. The van der Waals surface area contributed by atoms with Crippen LogP contribution in [0.4, 0.5) is 0 Å². The lowest BCUT2D eigenvalue weighted by molar-refractivity contribution is -0.140. The van der Waals surface area contributed by atoms with Gasteiger partial charge in [-0.15, -0.1) is 0 Å². The maximum absolute atomic E-state index is 13.4. The van der Waals surface area contributed by atoms with E-state index in [1.54, 1.807) is 12.0 Å². The van der Waals surface area contributed by atoms with E-state index in [9.17, 15) is 9.59 Å². The van der Waals surface area contributed by atoms with Gasteiger partial charge in [-0.3, -0.25) is 9.59 Å². The van der Waals surface area contributed by atoms with Crippen molar-refractivity contribution in [1.82, 2.24) is 10.2 Å². The average Bonchev–Trinajstić information content (AvgIpc) is 2.71. The second kappa shape index (κ2) is 11.4. The Morgan fingerprint density at radius 2 is 1.73 bits per heavy atom. The highest BCUT2D eigenvalue weighted by Gasteiger charge is 2.28. The summed E-state index contributed by atoms with van der Waals surface area (Å²) in [5, 5.41) is 2.95. The highest BCUT2D eigenvalue weighted by molar-refractivity contribution is 5.88. The molecule has 0 aliphatic heterocycles. The van der Waals surface area contributed by atoms with Gasteiger partial charge in [-0.25, -0.2) is 0 Å². The summed E-state index contributed by atoms with van der Waals surface area (Å²) >= 11 is 0. The van der Waals surface area contributed by atoms with Crippen molar-refractivity contribution in [1.29, 1.82) is 0 Å². The summed E-state index contributed by atoms with van der Waals surface area (Å²) in [6.45, 7) is 8.98. The third kappa shape index (κ3) is 6.61. The van der Waals surface area contributed by atoms with Crippen LogP contribution in [-0.4, -0.2) is 36.4 Å². The first kappa shape index (κ1) is 23.5. The molecule has 1 atom stereocenters. The zero-order valence-electron chi connectivity index (χ0n) is 18.8. The Morgan fingerprint density at radius 1 is 1.03 bits per heavy atom. The normalized spacial score (nSPS) is 11.6. The van der Waals surface area contributed by atoms with Crippen molar-refractivity contribution in [2.75, 3.05) is 13.7 Å². The minimum Gasteiger partial charge on any atom is -0.497 e. The number of hydrogen-bond donors (Lipinski definition) is 1. The van der Waals surface area contributed by atoms with Crippen LogP contribution in [0.15, 0.2) is 42.5 Å². The zero-order valence-corrected chi connectivity index (χ0v) is 18.8. The lowest BCUT2D eigenvalue weighted by Gasteiger charge is -2.31. The topological polar surface area (TPSA) is 58.6 Å². The van der Waals surface area contributed by atoms with Crippen LogP contribution in [-0.2, 0) is 22.6 Å². The number of amides is 2. The summed E-state index contributed by atoms with van der Waals surface area (Å²) in [6.07, 6.45) is 1.68. The largest absolute Gasteiger partial charge is 0.497 e. The molecule has 30 heavy (non-hydrogen) atoms. The SMILES string of the molecule is CCCNC(=O)[C@@H](CC)N(Cc1cccc(OC)c1)C(=O)Cc1cc(C)cc(C)c1. The van der Waals surface area contributed by atoms with Crippen LogP contribution in [0, 0.1) is 13.8 Å². The van der Waals surface area contributed by atoms with Crippen LogP contribution >= 0.6 is 0 Å². The Bertz CT molecular complexity index is 843. The van der Waals surface area contributed by atoms with Crippen LogP contribution in [0.5, 0.6) is 5.75 Å². The van der Waals surface area contributed by atoms with Crippen LogP contribution < -0.4 is 10.1 Å². The molecule has 0 saturated heterocycles. The van der Waals surface area contributed by atoms with Crippen molar-refractivity contribution in [3.63, 3.8) is 0 Å². The summed E-state index contributed by atoms with van der Waals surface area (Å²) in [6, 6.07) is 13.3. The Kier molecular flexibility index (Phi) is 8.90. The summed E-state index contributed by atoms with van der Waals surface area (Å²) in [5.41, 5.74) is 4.16. The van der Waals surface area contributed by atoms with E-state index in [4.69, 9.17) is 4.74 Å². The van der Waals surface area contributed by atoms with E-state index in [2.05, 4.69) is 11.4 Å². The van der Waals surface area contributed by atoms with Crippen LogP contribution in [0.1, 0.15) is 48.9 Å². The molecule has 0 saturated carbocycles. The quantitative estimate of drug-likeness (QED) is 0.639. The first-order valence-corrected chi connectivity index (χ1v) is 10.6. The Labute approximate surface area is 180 Å². The predicted octanol–water partition coefficient (Wildman–Crippen LogP) is 4.19. The van der Waals surface area contributed by atoms with Gasteiger partial charge in [0.05, 0.1) is 13.5 Å². The van der Waals surface area contributed by atoms with E-state index in [-0.39, 0.29) is 18.2 Å². The Morgan fingerprint density at radius 3 is 2.33 bits per heavy atom. The van der Waals surface area contributed by atoms with Crippen LogP contribution in [0.2, 0.25) is 0 Å². The molecule has 0 bridgehead atoms. The highest BCUT2D eigenvalue weighted by atomic mass is 16.5. The first-order chi connectivity index (χ1) is 14.4. The molecule has 2 aromatic rings. The monoisotopic (exact) mass is 410 g/mol. The molecule has 162 valence electrons. The van der Waals surface area contributed by atoms with Crippen LogP contribution in [0.25, 0.3) is 0 Å². The molecule has 0 radical (unpaired) electrons. The number of benzene rings is 2. The van der Waals surface area contributed by atoms with Gasteiger partial charge < -0.3 is 15.0 Å². The van der Waals surface area contributed by atoms with Gasteiger partial charge in [-0.2, -0.15) is 0 Å². The van der Waals surface area contributed by atoms with Crippen molar-refractivity contribution in [3.8, 4) is 5.75 Å². The van der Waals surface area contributed by atoms with E-state index in [0.29, 0.717) is 19.5 Å². The van der Waals surface area contributed by atoms with Gasteiger partial charge in [-0.1, -0.05) is 55.3 Å². The summed E-state index contributed by atoms with van der Waals surface area (Å²) < 4.78 is 5.32. The second-order valence-electron chi connectivity index (χ2n) is 7.76. The summed E-state index contributed by atoms with van der Waals surface area (Å²) in [4.78, 5) is 27.9. The molecule has 1 N–H and O–H groups in total. The molecule has 0 aliphatic rings. The molecular weight excluding hydrogens is 376 g/mol. The van der Waals surface area contributed by atoms with Crippen molar-refractivity contribution in [2.24, 2.45) is 0 Å². The lowest BCUT2D eigenvalue weighted by atomic mass is 10.0. The Balaban J connectivity index is 2.32. The van der Waals surface area contributed by atoms with Gasteiger partial charge in [0, 0.05) is 13.1 Å². The van der Waals surface area contributed by atoms with E-state index in [1.165, 1.54) is 0 Å². The number of nitrogens with zero attached hydrogens (tertiary/aromatic N) is 1. The molecule has 5 heteroatoms. The molecular formula is C25H34N2O3. The van der Waals surface area contributed by atoms with Crippen molar-refractivity contribution in [2.45, 2.75) is 59.5 Å². The predicted molar refractivity (Wildman–Crippen MR) is 121 cm³/mol. The number of hydrogen-bond acceptors (Lipinski definition) is 3. The summed E-state index contributed by atoms with van der Waals surface area (Å²) in [7, 11) is 1.62. The highest BCUT2D eigenvalue weighted by Crippen LogP contribution is 2.19. The van der Waals surface area contributed by atoms with Crippen molar-refractivity contribution >= 4 is 11.8 Å². The van der Waals surface area contributed by atoms with E-state index in [1.807, 2.05) is 64.1 Å². The standard InChI is InChI=1S/C25H34N2O3/c1-6-11-26-25(29)23(7-2)27(17-20-9-8-10-22(15-20)30-5)24(28)16-21-13-18(3)12-19(4)14-21/h8-10,12-15,23H,6-7,11,16-17H2,1-5H3,(H,26,29)/t23-/m1/s1. The van der Waals surface area contributed by atoms with Crippen molar-refractivity contribution in [3.05, 3.63) is 64.7 Å². The van der Waals surface area contributed by atoms with Gasteiger partial charge >= 0.3 is 0 Å². The fourth-order valence-electron chi connectivity index (χ4n) is 3.70. The third-order valence-electron chi connectivity index (χ3n) is 5.06. The molecule has 0 fully saturated rings. The van der Waals surface area contributed by atoms with Gasteiger partial charge in [0.2, 0.25) is 11.8 Å². The average molecular weight is 411 g/mol. The molecule has 0 aromatic heterocycles. The van der Waals surface area contributed by atoms with Gasteiger partial charge in [0.25, 0.3) is 0 Å². The van der Waals surface area contributed by atoms with Gasteiger partial charge in [-0.05, 0) is 49.9 Å². The molecule has 5 nitrogen and oxygen atoms in total. The molecule has 2 amide bonds. The number of methoxy groups -OCH3 is 1. The Hall–Kier alpha value is -2.82. The molecule has 0 heterocycles. The fourth-order valence-corrected chi connectivity index (χ4v) is 3.70. The number of carbonyl (C=O) groups excluding carboxylic acids is 2. The van der Waals surface area contributed by atoms with E-state index in [0.717, 1.165) is 34.4 Å². The molecule has 2 aromatic carbocycles. The fraction of sp³-hybridized carbons (Fsp3) is 0.440. The number of rotatable bonds is 10. The molecule has 0 spiro atoms. The maximum Gasteiger partial charge on any atom is 0.242 e. The number of carbonyl (C=O) groups is 2. The van der Waals surface area contributed by atoms with E-state index < -0.39 is 6.04 Å². The first-order valence-electron chi connectivity index (χ1n) is 10.6. The second-order valence-corrected chi connectivity index (χ2v) is 7.76. The van der Waals surface area contributed by atoms with Crippen LogP contribution in [0.3, 0.4) is 0 Å². The number of ether oxygens (including phenoxy) is 1. The van der Waals surface area contributed by atoms with Gasteiger partial charge in [0.1, 0.15) is 11.8 Å². The molecule has 0 aliphatic carbocycles. The maximum atomic E-state index is 13.4. The minimum absolute atomic E-state index is 0.0543. The molecule has 2 rings (SSSR count). The minimum atomic E-state index is -0.513. The summed E-state index contributed by atoms with van der Waals surface area (Å²) in [5.74, 6) is 0.579. The van der Waals surface area contributed by atoms with Crippen molar-refractivity contribution < 1.29 is 14.3 Å². The third-order valence-corrected chi connectivity index (χ3v) is 5.06. The van der Waals surface area contributed by atoms with Gasteiger partial charge in [0.15, 0.2) is 0 Å². The lowest BCUT2D eigenvalue weighted by Crippen LogP contribution is -2.49.